The summed E-state index contributed by atoms with van der Waals surface area (Å²) in [4.78, 5) is 13.5. The lowest BCUT2D eigenvalue weighted by atomic mass is 10.1. The van der Waals surface area contributed by atoms with Crippen LogP contribution in [0, 0.1) is 11.8 Å². The van der Waals surface area contributed by atoms with Crippen LogP contribution in [-0.2, 0) is 17.2 Å². The first-order valence-electron chi connectivity index (χ1n) is 9.89. The SMILES string of the molecule is Cc1cc(SCc2nn(C[NH+]3CCOCC3)c(=S)o2)nc(N2CCCCC2)n1. The average molecular weight is 424 g/mol. The van der Waals surface area contributed by atoms with Crippen LogP contribution in [0.2, 0.25) is 0 Å². The van der Waals surface area contributed by atoms with Gasteiger partial charge in [0.15, 0.2) is 6.67 Å². The number of hydrogen-bond acceptors (Lipinski definition) is 8. The van der Waals surface area contributed by atoms with Gasteiger partial charge in [0.1, 0.15) is 18.1 Å². The summed E-state index contributed by atoms with van der Waals surface area (Å²) in [7, 11) is 0. The number of thioether (sulfide) groups is 1. The number of morpholine rings is 1. The highest BCUT2D eigenvalue weighted by atomic mass is 32.2. The molecule has 2 aromatic heterocycles. The molecule has 0 unspecified atom stereocenters. The molecule has 0 aromatic carbocycles. The molecule has 2 aliphatic heterocycles. The van der Waals surface area contributed by atoms with Crippen LogP contribution in [0.3, 0.4) is 0 Å². The molecule has 0 bridgehead atoms. The van der Waals surface area contributed by atoms with Gasteiger partial charge in [-0.05, 0) is 44.5 Å². The van der Waals surface area contributed by atoms with E-state index in [-0.39, 0.29) is 0 Å². The van der Waals surface area contributed by atoms with Crippen molar-refractivity contribution in [3.05, 3.63) is 22.5 Å². The quantitative estimate of drug-likeness (QED) is 0.425. The first-order valence-corrected chi connectivity index (χ1v) is 11.3. The zero-order chi connectivity index (χ0) is 19.3. The van der Waals surface area contributed by atoms with Gasteiger partial charge in [-0.25, -0.2) is 9.97 Å². The smallest absolute Gasteiger partial charge is 0.291 e. The van der Waals surface area contributed by atoms with Gasteiger partial charge >= 0.3 is 0 Å². The van der Waals surface area contributed by atoms with Crippen molar-refractivity contribution >= 4 is 29.9 Å². The minimum atomic E-state index is 0.433. The maximum Gasteiger partial charge on any atom is 0.291 e. The zero-order valence-electron chi connectivity index (χ0n) is 16.2. The van der Waals surface area contributed by atoms with Gasteiger partial charge in [0.25, 0.3) is 4.84 Å². The standard InChI is InChI=1S/C18H26N6O2S2/c1-14-11-16(20-17(19-14)23-5-3-2-4-6-23)28-12-15-21-24(18(27)26-15)13-22-7-9-25-10-8-22/h11H,2-10,12-13H2,1H3/p+1. The summed E-state index contributed by atoms with van der Waals surface area (Å²) in [5, 5.41) is 5.51. The summed E-state index contributed by atoms with van der Waals surface area (Å²) >= 11 is 6.96. The second-order valence-electron chi connectivity index (χ2n) is 7.27. The largest absolute Gasteiger partial charge is 0.413 e. The number of hydrogen-bond donors (Lipinski definition) is 1. The summed E-state index contributed by atoms with van der Waals surface area (Å²) in [6.45, 7) is 8.33. The van der Waals surface area contributed by atoms with Crippen LogP contribution in [0.15, 0.2) is 15.5 Å². The van der Waals surface area contributed by atoms with Crippen LogP contribution < -0.4 is 9.80 Å². The molecule has 2 saturated heterocycles. The first kappa shape index (κ1) is 19.8. The van der Waals surface area contributed by atoms with Gasteiger partial charge in [-0.1, -0.05) is 11.8 Å². The predicted molar refractivity (Wildman–Crippen MR) is 109 cm³/mol. The second-order valence-corrected chi connectivity index (χ2v) is 8.61. The fourth-order valence-corrected chi connectivity index (χ4v) is 4.50. The lowest BCUT2D eigenvalue weighted by Gasteiger charge is -2.27. The number of ether oxygens (including phenoxy) is 1. The van der Waals surface area contributed by atoms with Gasteiger partial charge in [0.2, 0.25) is 11.8 Å². The number of rotatable bonds is 6. The van der Waals surface area contributed by atoms with Crippen molar-refractivity contribution in [2.45, 2.75) is 43.6 Å². The first-order chi connectivity index (χ1) is 13.7. The fraction of sp³-hybridized carbons (Fsp3) is 0.667. The van der Waals surface area contributed by atoms with Crippen LogP contribution in [-0.4, -0.2) is 59.1 Å². The van der Waals surface area contributed by atoms with E-state index in [1.807, 2.05) is 13.0 Å². The van der Waals surface area contributed by atoms with Crippen molar-refractivity contribution in [2.75, 3.05) is 44.3 Å². The number of quaternary nitrogens is 1. The van der Waals surface area contributed by atoms with E-state index in [2.05, 4.69) is 15.0 Å². The molecule has 2 aliphatic rings. The number of piperidine rings is 1. The van der Waals surface area contributed by atoms with Crippen LogP contribution >= 0.6 is 24.0 Å². The third-order valence-corrected chi connectivity index (χ3v) is 6.21. The Labute approximate surface area is 174 Å². The van der Waals surface area contributed by atoms with Crippen molar-refractivity contribution in [3.8, 4) is 0 Å². The van der Waals surface area contributed by atoms with Crippen LogP contribution in [0.1, 0.15) is 30.8 Å². The molecule has 1 N–H and O–H groups in total. The molecule has 0 aliphatic carbocycles. The summed E-state index contributed by atoms with van der Waals surface area (Å²) in [6, 6.07) is 2.02. The molecule has 2 fully saturated rings. The van der Waals surface area contributed by atoms with Crippen molar-refractivity contribution < 1.29 is 14.1 Å². The normalized spacial score (nSPS) is 18.5. The minimum Gasteiger partial charge on any atom is -0.413 e. The Balaban J connectivity index is 1.39. The van der Waals surface area contributed by atoms with E-state index in [9.17, 15) is 0 Å². The van der Waals surface area contributed by atoms with Crippen molar-refractivity contribution in [1.29, 1.82) is 0 Å². The van der Waals surface area contributed by atoms with E-state index >= 15 is 0 Å². The number of anilines is 1. The van der Waals surface area contributed by atoms with E-state index in [0.29, 0.717) is 16.5 Å². The third kappa shape index (κ3) is 5.11. The van der Waals surface area contributed by atoms with E-state index in [4.69, 9.17) is 26.4 Å². The van der Waals surface area contributed by atoms with E-state index in [1.165, 1.54) is 24.2 Å². The Bertz CT molecular complexity index is 843. The Morgan fingerprint density at radius 1 is 1.18 bits per heavy atom. The van der Waals surface area contributed by atoms with E-state index < -0.39 is 0 Å². The van der Waals surface area contributed by atoms with Crippen molar-refractivity contribution in [2.24, 2.45) is 0 Å². The number of nitrogens with one attached hydrogen (secondary N) is 1. The lowest BCUT2D eigenvalue weighted by Crippen LogP contribution is -3.13. The lowest BCUT2D eigenvalue weighted by molar-refractivity contribution is -0.931. The molecule has 0 amide bonds. The van der Waals surface area contributed by atoms with E-state index in [0.717, 1.165) is 62.7 Å². The zero-order valence-corrected chi connectivity index (χ0v) is 17.9. The molecule has 4 rings (SSSR count). The average Bonchev–Trinajstić information content (AvgIpc) is 3.07. The van der Waals surface area contributed by atoms with Crippen LogP contribution in [0.4, 0.5) is 5.95 Å². The maximum absolute atomic E-state index is 5.70. The molecular weight excluding hydrogens is 396 g/mol. The van der Waals surface area contributed by atoms with E-state index in [1.54, 1.807) is 16.4 Å². The summed E-state index contributed by atoms with van der Waals surface area (Å²) < 4.78 is 12.9. The topological polar surface area (TPSA) is 73.7 Å². The summed E-state index contributed by atoms with van der Waals surface area (Å²) in [5.41, 5.74) is 0.986. The highest BCUT2D eigenvalue weighted by Gasteiger charge is 2.18. The summed E-state index contributed by atoms with van der Waals surface area (Å²) in [5.74, 6) is 2.08. The number of aromatic nitrogens is 4. The van der Waals surface area contributed by atoms with Crippen molar-refractivity contribution in [3.63, 3.8) is 0 Å². The molecule has 0 atom stereocenters. The third-order valence-electron chi connectivity index (χ3n) is 5.02. The molecular formula is C18H27N6O2S2+. The number of aryl methyl sites for hydroxylation is 1. The summed E-state index contributed by atoms with van der Waals surface area (Å²) in [6.07, 6.45) is 3.72. The Kier molecular flexibility index (Phi) is 6.61. The highest BCUT2D eigenvalue weighted by Crippen LogP contribution is 2.24. The molecule has 28 heavy (non-hydrogen) atoms. The van der Waals surface area contributed by atoms with Crippen LogP contribution in [0.5, 0.6) is 0 Å². The molecule has 0 radical (unpaired) electrons. The van der Waals surface area contributed by atoms with Crippen LogP contribution in [0.25, 0.3) is 0 Å². The molecule has 0 spiro atoms. The maximum atomic E-state index is 5.70. The monoisotopic (exact) mass is 423 g/mol. The fourth-order valence-electron chi connectivity index (χ4n) is 3.51. The van der Waals surface area contributed by atoms with Gasteiger partial charge in [0, 0.05) is 18.8 Å². The number of nitrogens with zero attached hydrogens (tertiary/aromatic N) is 5. The predicted octanol–water partition coefficient (Wildman–Crippen LogP) is 1.46. The molecule has 8 nitrogen and oxygen atoms in total. The Hall–Kier alpha value is -1.49. The highest BCUT2D eigenvalue weighted by molar-refractivity contribution is 7.98. The Morgan fingerprint density at radius 2 is 1.96 bits per heavy atom. The van der Waals surface area contributed by atoms with Crippen molar-refractivity contribution in [1.82, 2.24) is 19.7 Å². The second kappa shape index (κ2) is 9.34. The van der Waals surface area contributed by atoms with Gasteiger partial charge in [-0.3, -0.25) is 0 Å². The van der Waals surface area contributed by atoms with Gasteiger partial charge < -0.3 is 19.0 Å². The molecule has 2 aromatic rings. The molecule has 152 valence electrons. The molecule has 10 heteroatoms. The van der Waals surface area contributed by atoms with Gasteiger partial charge in [-0.2, -0.15) is 4.68 Å². The Morgan fingerprint density at radius 3 is 2.75 bits per heavy atom. The van der Waals surface area contributed by atoms with Gasteiger partial charge in [-0.15, -0.1) is 5.10 Å². The molecule has 4 heterocycles. The molecule has 0 saturated carbocycles. The minimum absolute atomic E-state index is 0.433. The van der Waals surface area contributed by atoms with Gasteiger partial charge in [0.05, 0.1) is 19.0 Å².